The molecule has 3 aromatic carbocycles. The predicted molar refractivity (Wildman–Crippen MR) is 109 cm³/mol. The summed E-state index contributed by atoms with van der Waals surface area (Å²) in [7, 11) is 0. The average Bonchev–Trinajstić information content (AvgIpc) is 3.08. The third-order valence-electron chi connectivity index (χ3n) is 4.26. The van der Waals surface area contributed by atoms with Crippen LogP contribution in [0.1, 0.15) is 15.9 Å². The zero-order valence-corrected chi connectivity index (χ0v) is 15.8. The third kappa shape index (κ3) is 3.42. The van der Waals surface area contributed by atoms with Gasteiger partial charge in [-0.15, -0.1) is 0 Å². The first-order valence-electron chi connectivity index (χ1n) is 8.25. The summed E-state index contributed by atoms with van der Waals surface area (Å²) in [5, 5.41) is 3.83. The maximum Gasteiger partial charge on any atom is 0.255 e. The number of nitrogens with one attached hydrogen (secondary N) is 1. The van der Waals surface area contributed by atoms with Gasteiger partial charge in [-0.25, -0.2) is 4.98 Å². The van der Waals surface area contributed by atoms with Crippen LogP contribution in [0.15, 0.2) is 65.1 Å². The molecule has 0 bridgehead atoms. The van der Waals surface area contributed by atoms with E-state index in [2.05, 4.69) is 10.3 Å². The third-order valence-corrected chi connectivity index (χ3v) is 4.76. The fourth-order valence-electron chi connectivity index (χ4n) is 2.86. The Morgan fingerprint density at radius 1 is 1.04 bits per heavy atom. The molecule has 0 saturated heterocycles. The van der Waals surface area contributed by atoms with Gasteiger partial charge in [-0.1, -0.05) is 47.5 Å². The molecule has 0 fully saturated rings. The van der Waals surface area contributed by atoms with E-state index in [1.54, 1.807) is 24.3 Å². The number of carbonyl (C=O) groups is 1. The molecule has 1 N–H and O–H groups in total. The summed E-state index contributed by atoms with van der Waals surface area (Å²) < 4.78 is 5.85. The molecular weight excluding hydrogens is 383 g/mol. The lowest BCUT2D eigenvalue weighted by Gasteiger charge is -2.11. The molecule has 0 aliphatic heterocycles. The predicted octanol–water partition coefficient (Wildman–Crippen LogP) is 6.36. The SMILES string of the molecule is Cc1c(NC(=O)c2ccccc2)cccc1-c1nc2cc(Cl)cc(Cl)c2o1. The second-order valence-electron chi connectivity index (χ2n) is 6.05. The summed E-state index contributed by atoms with van der Waals surface area (Å²) in [5.74, 6) is 0.241. The number of carbonyl (C=O) groups excluding carboxylic acids is 1. The zero-order chi connectivity index (χ0) is 19.0. The Morgan fingerprint density at radius 3 is 2.59 bits per heavy atom. The van der Waals surface area contributed by atoms with Crippen molar-refractivity contribution in [1.29, 1.82) is 0 Å². The maximum atomic E-state index is 12.5. The van der Waals surface area contributed by atoms with Crippen molar-refractivity contribution in [3.05, 3.63) is 81.8 Å². The summed E-state index contributed by atoms with van der Waals surface area (Å²) in [6, 6.07) is 17.9. The van der Waals surface area contributed by atoms with Crippen molar-refractivity contribution in [2.24, 2.45) is 0 Å². The van der Waals surface area contributed by atoms with Crippen molar-refractivity contribution in [3.8, 4) is 11.5 Å². The minimum Gasteiger partial charge on any atom is -0.434 e. The Hall–Kier alpha value is -2.82. The number of oxazole rings is 1. The van der Waals surface area contributed by atoms with Crippen LogP contribution in [0, 0.1) is 6.92 Å². The lowest BCUT2D eigenvalue weighted by molar-refractivity contribution is 0.102. The van der Waals surface area contributed by atoms with Crippen LogP contribution in [0.3, 0.4) is 0 Å². The van der Waals surface area contributed by atoms with E-state index < -0.39 is 0 Å². The molecule has 1 aromatic heterocycles. The molecule has 0 unspecified atom stereocenters. The number of rotatable bonds is 3. The van der Waals surface area contributed by atoms with E-state index in [4.69, 9.17) is 27.6 Å². The van der Waals surface area contributed by atoms with Gasteiger partial charge in [0.2, 0.25) is 5.89 Å². The number of aromatic nitrogens is 1. The van der Waals surface area contributed by atoms with Crippen molar-refractivity contribution < 1.29 is 9.21 Å². The van der Waals surface area contributed by atoms with E-state index in [9.17, 15) is 4.79 Å². The Morgan fingerprint density at radius 2 is 1.81 bits per heavy atom. The molecule has 27 heavy (non-hydrogen) atoms. The second kappa shape index (κ2) is 7.06. The first-order valence-corrected chi connectivity index (χ1v) is 9.00. The van der Waals surface area contributed by atoms with Crippen LogP contribution in [-0.4, -0.2) is 10.9 Å². The molecule has 6 heteroatoms. The first kappa shape index (κ1) is 17.6. The fourth-order valence-corrected chi connectivity index (χ4v) is 3.38. The molecule has 4 aromatic rings. The first-order chi connectivity index (χ1) is 13.0. The van der Waals surface area contributed by atoms with Gasteiger partial charge in [0.15, 0.2) is 5.58 Å². The van der Waals surface area contributed by atoms with Gasteiger partial charge in [0, 0.05) is 21.8 Å². The highest BCUT2D eigenvalue weighted by atomic mass is 35.5. The largest absolute Gasteiger partial charge is 0.434 e. The smallest absolute Gasteiger partial charge is 0.255 e. The number of amides is 1. The Balaban J connectivity index is 1.72. The van der Waals surface area contributed by atoms with Gasteiger partial charge in [0.05, 0.1) is 5.02 Å². The van der Waals surface area contributed by atoms with Gasteiger partial charge in [0.25, 0.3) is 5.91 Å². The van der Waals surface area contributed by atoms with Crippen molar-refractivity contribution in [3.63, 3.8) is 0 Å². The standard InChI is InChI=1S/C21H14Cl2N2O2/c1-12-15(21-25-18-11-14(22)10-16(23)19(18)27-21)8-5-9-17(12)24-20(26)13-6-3-2-4-7-13/h2-11H,1H3,(H,24,26). The molecule has 1 heterocycles. The van der Waals surface area contributed by atoms with Crippen LogP contribution in [0.4, 0.5) is 5.69 Å². The van der Waals surface area contributed by atoms with Gasteiger partial charge >= 0.3 is 0 Å². The number of halogens is 2. The van der Waals surface area contributed by atoms with Crippen molar-refractivity contribution in [1.82, 2.24) is 4.98 Å². The van der Waals surface area contributed by atoms with Crippen molar-refractivity contribution in [2.45, 2.75) is 6.92 Å². The molecule has 0 atom stereocenters. The van der Waals surface area contributed by atoms with Gasteiger partial charge < -0.3 is 9.73 Å². The van der Waals surface area contributed by atoms with Crippen LogP contribution >= 0.6 is 23.2 Å². The summed E-state index contributed by atoms with van der Waals surface area (Å²) in [6.07, 6.45) is 0. The number of hydrogen-bond acceptors (Lipinski definition) is 3. The molecule has 0 spiro atoms. The molecule has 0 aliphatic carbocycles. The van der Waals surface area contributed by atoms with Crippen LogP contribution in [0.2, 0.25) is 10.0 Å². The molecule has 0 radical (unpaired) electrons. The normalized spacial score (nSPS) is 10.9. The number of hydrogen-bond donors (Lipinski definition) is 1. The van der Waals surface area contributed by atoms with E-state index >= 15 is 0 Å². The molecule has 134 valence electrons. The van der Waals surface area contributed by atoms with Crippen molar-refractivity contribution in [2.75, 3.05) is 5.32 Å². The summed E-state index contributed by atoms with van der Waals surface area (Å²) in [6.45, 7) is 1.90. The van der Waals surface area contributed by atoms with Gasteiger partial charge in [-0.2, -0.15) is 0 Å². The van der Waals surface area contributed by atoms with E-state index in [1.807, 2.05) is 43.3 Å². The Kier molecular flexibility index (Phi) is 4.60. The van der Waals surface area contributed by atoms with Crippen LogP contribution in [0.5, 0.6) is 0 Å². The molecule has 4 rings (SSSR count). The average molecular weight is 397 g/mol. The molecule has 1 amide bonds. The van der Waals surface area contributed by atoms with E-state index in [1.165, 1.54) is 0 Å². The second-order valence-corrected chi connectivity index (χ2v) is 6.90. The van der Waals surface area contributed by atoms with Crippen LogP contribution in [-0.2, 0) is 0 Å². The molecule has 0 saturated carbocycles. The van der Waals surface area contributed by atoms with Crippen molar-refractivity contribution >= 4 is 45.9 Å². The monoisotopic (exact) mass is 396 g/mol. The summed E-state index contributed by atoms with van der Waals surface area (Å²) >= 11 is 12.2. The summed E-state index contributed by atoms with van der Waals surface area (Å²) in [5.41, 5.74) is 3.95. The van der Waals surface area contributed by atoms with E-state index in [0.29, 0.717) is 38.3 Å². The van der Waals surface area contributed by atoms with E-state index in [-0.39, 0.29) is 5.91 Å². The van der Waals surface area contributed by atoms with E-state index in [0.717, 1.165) is 11.1 Å². The van der Waals surface area contributed by atoms with Gasteiger partial charge in [0.1, 0.15) is 5.52 Å². The highest BCUT2D eigenvalue weighted by Crippen LogP contribution is 2.34. The quantitative estimate of drug-likeness (QED) is 0.438. The molecule has 4 nitrogen and oxygen atoms in total. The summed E-state index contributed by atoms with van der Waals surface area (Å²) in [4.78, 5) is 17.0. The highest BCUT2D eigenvalue weighted by Gasteiger charge is 2.16. The molecule has 0 aliphatic rings. The lowest BCUT2D eigenvalue weighted by Crippen LogP contribution is -2.12. The minimum atomic E-state index is -0.178. The number of anilines is 1. The fraction of sp³-hybridized carbons (Fsp3) is 0.0476. The molecular formula is C21H14Cl2N2O2. The number of fused-ring (bicyclic) bond motifs is 1. The maximum absolute atomic E-state index is 12.5. The number of benzene rings is 3. The Labute approximate surface area is 165 Å². The minimum absolute atomic E-state index is 0.178. The highest BCUT2D eigenvalue weighted by molar-refractivity contribution is 6.38. The zero-order valence-electron chi connectivity index (χ0n) is 14.3. The topological polar surface area (TPSA) is 55.1 Å². The van der Waals surface area contributed by atoms with Crippen LogP contribution in [0.25, 0.3) is 22.6 Å². The Bertz CT molecular complexity index is 1150. The van der Waals surface area contributed by atoms with Crippen LogP contribution < -0.4 is 5.32 Å². The van der Waals surface area contributed by atoms with Gasteiger partial charge in [-0.05, 0) is 48.9 Å². The number of nitrogens with zero attached hydrogens (tertiary/aromatic N) is 1. The van der Waals surface area contributed by atoms with Gasteiger partial charge in [-0.3, -0.25) is 4.79 Å². The lowest BCUT2D eigenvalue weighted by atomic mass is 10.1.